The maximum Gasteiger partial charge on any atom is 0.220 e. The number of ketones is 1. The topological polar surface area (TPSA) is 55.4 Å². The van der Waals surface area contributed by atoms with Crippen LogP contribution in [0.1, 0.15) is 41.7 Å². The van der Waals surface area contributed by atoms with Gasteiger partial charge in [0.1, 0.15) is 5.82 Å². The Hall–Kier alpha value is -2.76. The molecule has 1 amide bonds. The van der Waals surface area contributed by atoms with Crippen LogP contribution in [0.4, 0.5) is 8.78 Å². The van der Waals surface area contributed by atoms with Gasteiger partial charge < -0.3 is 10.1 Å². The number of carbonyl (C=O) groups is 2. The molecule has 6 heteroatoms. The number of ether oxygens (including phenoxy) is 1. The molecule has 132 valence electrons. The smallest absolute Gasteiger partial charge is 0.220 e. The van der Waals surface area contributed by atoms with Crippen LogP contribution in [0.2, 0.25) is 0 Å². The van der Waals surface area contributed by atoms with Crippen molar-refractivity contribution < 1.29 is 23.1 Å². The van der Waals surface area contributed by atoms with E-state index >= 15 is 0 Å². The van der Waals surface area contributed by atoms with Gasteiger partial charge in [0.2, 0.25) is 5.91 Å². The van der Waals surface area contributed by atoms with Gasteiger partial charge in [-0.25, -0.2) is 8.78 Å². The van der Waals surface area contributed by atoms with Gasteiger partial charge in [-0.15, -0.1) is 0 Å². The first-order valence-electron chi connectivity index (χ1n) is 7.82. The summed E-state index contributed by atoms with van der Waals surface area (Å²) in [5.74, 6) is -1.35. The SMILES string of the molecule is COc1ccc([C@H](C)NC(=O)CCC(=O)c2ccc(F)cc2)cc1F. The van der Waals surface area contributed by atoms with E-state index in [1.807, 2.05) is 0 Å². The molecule has 0 fully saturated rings. The van der Waals surface area contributed by atoms with E-state index in [4.69, 9.17) is 4.74 Å². The predicted octanol–water partition coefficient (Wildman–Crippen LogP) is 3.81. The summed E-state index contributed by atoms with van der Waals surface area (Å²) >= 11 is 0. The highest BCUT2D eigenvalue weighted by Crippen LogP contribution is 2.21. The zero-order valence-electron chi connectivity index (χ0n) is 14.0. The number of nitrogens with one attached hydrogen (secondary N) is 1. The minimum Gasteiger partial charge on any atom is -0.494 e. The van der Waals surface area contributed by atoms with E-state index in [2.05, 4.69) is 5.32 Å². The Morgan fingerprint density at radius 2 is 1.76 bits per heavy atom. The largest absolute Gasteiger partial charge is 0.494 e. The van der Waals surface area contributed by atoms with E-state index < -0.39 is 17.7 Å². The van der Waals surface area contributed by atoms with E-state index in [0.717, 1.165) is 0 Å². The van der Waals surface area contributed by atoms with Crippen LogP contribution in [-0.2, 0) is 4.79 Å². The molecule has 0 saturated carbocycles. The van der Waals surface area contributed by atoms with Crippen LogP contribution in [0.25, 0.3) is 0 Å². The van der Waals surface area contributed by atoms with Crippen molar-refractivity contribution >= 4 is 11.7 Å². The average Bonchev–Trinajstić information content (AvgIpc) is 2.60. The zero-order valence-corrected chi connectivity index (χ0v) is 14.0. The quantitative estimate of drug-likeness (QED) is 0.775. The second kappa shape index (κ2) is 8.37. The van der Waals surface area contributed by atoms with Gasteiger partial charge in [-0.3, -0.25) is 9.59 Å². The highest BCUT2D eigenvalue weighted by molar-refractivity contribution is 5.97. The summed E-state index contributed by atoms with van der Waals surface area (Å²) in [4.78, 5) is 23.9. The van der Waals surface area contributed by atoms with Crippen LogP contribution in [0.5, 0.6) is 5.75 Å². The van der Waals surface area contributed by atoms with E-state index in [1.54, 1.807) is 13.0 Å². The summed E-state index contributed by atoms with van der Waals surface area (Å²) in [7, 11) is 1.38. The minimum atomic E-state index is -0.507. The van der Waals surface area contributed by atoms with Crippen molar-refractivity contribution in [3.8, 4) is 5.75 Å². The molecule has 1 N–H and O–H groups in total. The van der Waals surface area contributed by atoms with Crippen molar-refractivity contribution in [2.24, 2.45) is 0 Å². The van der Waals surface area contributed by atoms with Crippen LogP contribution < -0.4 is 10.1 Å². The van der Waals surface area contributed by atoms with Gasteiger partial charge in [0.25, 0.3) is 0 Å². The van der Waals surface area contributed by atoms with Crippen molar-refractivity contribution in [2.75, 3.05) is 7.11 Å². The molecule has 1 atom stereocenters. The first-order chi connectivity index (χ1) is 11.9. The number of hydrogen-bond donors (Lipinski definition) is 1. The van der Waals surface area contributed by atoms with Crippen LogP contribution in [0.15, 0.2) is 42.5 Å². The number of methoxy groups -OCH3 is 1. The molecule has 0 saturated heterocycles. The van der Waals surface area contributed by atoms with Gasteiger partial charge in [-0.2, -0.15) is 0 Å². The first-order valence-corrected chi connectivity index (χ1v) is 7.82. The van der Waals surface area contributed by atoms with Crippen molar-refractivity contribution in [2.45, 2.75) is 25.8 Å². The molecule has 0 radical (unpaired) electrons. The van der Waals surface area contributed by atoms with Gasteiger partial charge in [-0.05, 0) is 48.9 Å². The number of halogens is 2. The summed E-state index contributed by atoms with van der Waals surface area (Å²) in [6, 6.07) is 9.22. The summed E-state index contributed by atoms with van der Waals surface area (Å²) in [5, 5.41) is 2.72. The summed E-state index contributed by atoms with van der Waals surface area (Å²) in [6.45, 7) is 1.72. The lowest BCUT2D eigenvalue weighted by Gasteiger charge is -2.15. The van der Waals surface area contributed by atoms with Gasteiger partial charge in [0, 0.05) is 18.4 Å². The summed E-state index contributed by atoms with van der Waals surface area (Å²) < 4.78 is 31.4. The van der Waals surface area contributed by atoms with E-state index in [0.29, 0.717) is 11.1 Å². The number of benzene rings is 2. The maximum absolute atomic E-state index is 13.7. The van der Waals surface area contributed by atoms with Crippen LogP contribution in [0.3, 0.4) is 0 Å². The van der Waals surface area contributed by atoms with E-state index in [-0.39, 0.29) is 30.3 Å². The number of hydrogen-bond acceptors (Lipinski definition) is 3. The predicted molar refractivity (Wildman–Crippen MR) is 89.5 cm³/mol. The van der Waals surface area contributed by atoms with E-state index in [9.17, 15) is 18.4 Å². The standard InChI is InChI=1S/C19H19F2NO3/c1-12(14-5-9-18(25-2)16(21)11-14)22-19(24)10-8-17(23)13-3-6-15(20)7-4-13/h3-7,9,11-12H,8,10H2,1-2H3,(H,22,24)/t12-/m0/s1. The Balaban J connectivity index is 1.88. The number of Topliss-reactive ketones (excluding diaryl/α,β-unsaturated/α-hetero) is 1. The molecular formula is C19H19F2NO3. The molecule has 0 unspecified atom stereocenters. The Morgan fingerprint density at radius 1 is 1.08 bits per heavy atom. The average molecular weight is 347 g/mol. The maximum atomic E-state index is 13.7. The Kier molecular flexibility index (Phi) is 6.22. The lowest BCUT2D eigenvalue weighted by atomic mass is 10.1. The van der Waals surface area contributed by atoms with Crippen molar-refractivity contribution in [3.63, 3.8) is 0 Å². The molecule has 2 aromatic rings. The van der Waals surface area contributed by atoms with Crippen molar-refractivity contribution in [3.05, 3.63) is 65.2 Å². The Morgan fingerprint density at radius 3 is 2.36 bits per heavy atom. The third-order valence-electron chi connectivity index (χ3n) is 3.80. The van der Waals surface area contributed by atoms with Gasteiger partial charge in [-0.1, -0.05) is 6.07 Å². The lowest BCUT2D eigenvalue weighted by Crippen LogP contribution is -2.27. The highest BCUT2D eigenvalue weighted by atomic mass is 19.1. The number of carbonyl (C=O) groups excluding carboxylic acids is 2. The summed E-state index contributed by atoms with van der Waals surface area (Å²) in [6.07, 6.45) is 0.0142. The van der Waals surface area contributed by atoms with E-state index in [1.165, 1.54) is 43.5 Å². The second-order valence-electron chi connectivity index (χ2n) is 5.61. The molecule has 0 aliphatic heterocycles. The molecule has 0 aliphatic carbocycles. The van der Waals surface area contributed by atoms with Gasteiger partial charge in [0.05, 0.1) is 13.2 Å². The molecule has 25 heavy (non-hydrogen) atoms. The Bertz CT molecular complexity index is 760. The van der Waals surface area contributed by atoms with Crippen LogP contribution in [-0.4, -0.2) is 18.8 Å². The fourth-order valence-electron chi connectivity index (χ4n) is 2.36. The molecule has 2 rings (SSSR count). The van der Waals surface area contributed by atoms with Crippen molar-refractivity contribution in [1.29, 1.82) is 0 Å². The fraction of sp³-hybridized carbons (Fsp3) is 0.263. The second-order valence-corrected chi connectivity index (χ2v) is 5.61. The van der Waals surface area contributed by atoms with Gasteiger partial charge in [0.15, 0.2) is 17.3 Å². The molecular weight excluding hydrogens is 328 g/mol. The molecule has 0 aliphatic rings. The van der Waals surface area contributed by atoms with Crippen molar-refractivity contribution in [1.82, 2.24) is 5.32 Å². The number of rotatable bonds is 7. The third-order valence-corrected chi connectivity index (χ3v) is 3.80. The zero-order chi connectivity index (χ0) is 18.4. The normalized spacial score (nSPS) is 11.7. The molecule has 0 aromatic heterocycles. The van der Waals surface area contributed by atoms with Crippen LogP contribution >= 0.6 is 0 Å². The third kappa shape index (κ3) is 5.11. The monoisotopic (exact) mass is 347 g/mol. The molecule has 0 heterocycles. The summed E-state index contributed by atoms with van der Waals surface area (Å²) in [5.41, 5.74) is 0.955. The molecule has 2 aromatic carbocycles. The molecule has 0 bridgehead atoms. The Labute approximate surface area is 144 Å². The number of amides is 1. The highest BCUT2D eigenvalue weighted by Gasteiger charge is 2.14. The van der Waals surface area contributed by atoms with Crippen LogP contribution in [0, 0.1) is 11.6 Å². The molecule has 0 spiro atoms. The van der Waals surface area contributed by atoms with Gasteiger partial charge >= 0.3 is 0 Å². The minimum absolute atomic E-state index is 0.000807. The lowest BCUT2D eigenvalue weighted by molar-refractivity contribution is -0.121. The fourth-order valence-corrected chi connectivity index (χ4v) is 2.36. The molecule has 4 nitrogen and oxygen atoms in total. The first kappa shape index (κ1) is 18.6.